The van der Waals surface area contributed by atoms with Crippen LogP contribution in [0.25, 0.3) is 0 Å². The first-order valence-corrected chi connectivity index (χ1v) is 9.32. The van der Waals surface area contributed by atoms with Gasteiger partial charge in [-0.25, -0.2) is 9.97 Å². The molecule has 1 saturated heterocycles. The molecule has 0 radical (unpaired) electrons. The topological polar surface area (TPSA) is 56.7 Å². The molecular weight excluding hydrogens is 330 g/mol. The highest BCUT2D eigenvalue weighted by Crippen LogP contribution is 2.33. The number of benzene rings is 1. The zero-order valence-electron chi connectivity index (χ0n) is 15.2. The number of fused-ring (bicyclic) bond motifs is 1. The van der Waals surface area contributed by atoms with Crippen LogP contribution in [-0.4, -0.2) is 40.9 Å². The Hall–Kier alpha value is -2.18. The minimum absolute atomic E-state index is 0.305. The summed E-state index contributed by atoms with van der Waals surface area (Å²) in [4.78, 5) is 11.3. The van der Waals surface area contributed by atoms with Crippen LogP contribution in [0.3, 0.4) is 0 Å². The molecule has 2 aromatic rings. The van der Waals surface area contributed by atoms with E-state index in [1.165, 1.54) is 5.56 Å². The Bertz CT molecular complexity index is 730. The number of aryl methyl sites for hydroxylation is 1. The molecule has 0 spiro atoms. The number of nitrogens with zero attached hydrogens (tertiary/aromatic N) is 3. The Balaban J connectivity index is 1.47. The van der Waals surface area contributed by atoms with E-state index in [-0.39, 0.29) is 0 Å². The lowest BCUT2D eigenvalue weighted by molar-refractivity contribution is 0.0678. The van der Waals surface area contributed by atoms with Gasteiger partial charge in [0.15, 0.2) is 11.5 Å². The van der Waals surface area contributed by atoms with E-state index in [1.54, 1.807) is 0 Å². The Morgan fingerprint density at radius 1 is 1.08 bits per heavy atom. The highest BCUT2D eigenvalue weighted by molar-refractivity contribution is 5.44. The van der Waals surface area contributed by atoms with Crippen LogP contribution in [0.15, 0.2) is 30.6 Å². The average molecular weight is 355 g/mol. The van der Waals surface area contributed by atoms with Crippen LogP contribution >= 0.6 is 0 Å². The third kappa shape index (κ3) is 4.14. The van der Waals surface area contributed by atoms with Gasteiger partial charge in [-0.2, -0.15) is 0 Å². The molecule has 0 aliphatic carbocycles. The van der Waals surface area contributed by atoms with Gasteiger partial charge in [0.05, 0.1) is 6.10 Å². The maximum absolute atomic E-state index is 5.85. The lowest BCUT2D eigenvalue weighted by Gasteiger charge is -2.25. The van der Waals surface area contributed by atoms with E-state index >= 15 is 0 Å². The fourth-order valence-electron chi connectivity index (χ4n) is 3.46. The fourth-order valence-corrected chi connectivity index (χ4v) is 3.46. The molecule has 2 aliphatic rings. The molecular formula is C20H25N3O3. The number of rotatable bonds is 7. The quantitative estimate of drug-likeness (QED) is 0.761. The van der Waals surface area contributed by atoms with Gasteiger partial charge in [0.2, 0.25) is 6.79 Å². The Morgan fingerprint density at radius 2 is 1.88 bits per heavy atom. The zero-order valence-corrected chi connectivity index (χ0v) is 15.2. The van der Waals surface area contributed by atoms with Crippen LogP contribution in [0.5, 0.6) is 11.5 Å². The number of ether oxygens (including phenoxy) is 3. The molecule has 0 saturated carbocycles. The van der Waals surface area contributed by atoms with Crippen molar-refractivity contribution in [2.24, 2.45) is 0 Å². The molecule has 138 valence electrons. The van der Waals surface area contributed by atoms with Crippen LogP contribution in [0.1, 0.15) is 36.7 Å². The first kappa shape index (κ1) is 17.2. The predicted molar refractivity (Wildman–Crippen MR) is 97.1 cm³/mol. The van der Waals surface area contributed by atoms with Crippen LogP contribution in [0.2, 0.25) is 0 Å². The highest BCUT2D eigenvalue weighted by atomic mass is 16.7. The van der Waals surface area contributed by atoms with Gasteiger partial charge in [-0.15, -0.1) is 0 Å². The Kier molecular flexibility index (Phi) is 5.32. The monoisotopic (exact) mass is 355 g/mol. The smallest absolute Gasteiger partial charge is 0.231 e. The van der Waals surface area contributed by atoms with Crippen molar-refractivity contribution in [1.29, 1.82) is 0 Å². The molecule has 3 heterocycles. The molecule has 0 unspecified atom stereocenters. The summed E-state index contributed by atoms with van der Waals surface area (Å²) >= 11 is 0. The van der Waals surface area contributed by atoms with Crippen molar-refractivity contribution in [2.75, 3.05) is 19.9 Å². The molecule has 1 atom stereocenters. The minimum atomic E-state index is 0.305. The van der Waals surface area contributed by atoms with Crippen LogP contribution in [0.4, 0.5) is 0 Å². The third-order valence-corrected chi connectivity index (χ3v) is 4.81. The van der Waals surface area contributed by atoms with Crippen molar-refractivity contribution in [3.05, 3.63) is 47.5 Å². The second kappa shape index (κ2) is 8.01. The maximum Gasteiger partial charge on any atom is 0.231 e. The summed E-state index contributed by atoms with van der Waals surface area (Å²) in [6, 6.07) is 6.16. The minimum Gasteiger partial charge on any atom is -0.454 e. The lowest BCUT2D eigenvalue weighted by Crippen LogP contribution is -2.31. The van der Waals surface area contributed by atoms with E-state index in [0.717, 1.165) is 68.4 Å². The van der Waals surface area contributed by atoms with Gasteiger partial charge < -0.3 is 14.2 Å². The summed E-state index contributed by atoms with van der Waals surface area (Å²) in [6.45, 7) is 5.78. The van der Waals surface area contributed by atoms with Gasteiger partial charge in [0.25, 0.3) is 0 Å². The van der Waals surface area contributed by atoms with Crippen molar-refractivity contribution in [1.82, 2.24) is 14.9 Å². The normalized spacial score (nSPS) is 18.6. The molecule has 1 fully saturated rings. The van der Waals surface area contributed by atoms with Crippen molar-refractivity contribution >= 4 is 0 Å². The fraction of sp³-hybridized carbons (Fsp3) is 0.500. The largest absolute Gasteiger partial charge is 0.454 e. The number of hydrogen-bond donors (Lipinski definition) is 0. The van der Waals surface area contributed by atoms with E-state index in [0.29, 0.717) is 12.9 Å². The zero-order chi connectivity index (χ0) is 17.8. The summed E-state index contributed by atoms with van der Waals surface area (Å²) in [5.74, 6) is 2.54. The second-order valence-corrected chi connectivity index (χ2v) is 6.85. The van der Waals surface area contributed by atoms with Gasteiger partial charge in [0, 0.05) is 50.6 Å². The second-order valence-electron chi connectivity index (χ2n) is 6.85. The predicted octanol–water partition coefficient (Wildman–Crippen LogP) is 2.95. The molecule has 0 N–H and O–H groups in total. The van der Waals surface area contributed by atoms with Crippen molar-refractivity contribution in [3.8, 4) is 11.5 Å². The van der Waals surface area contributed by atoms with Crippen molar-refractivity contribution in [3.63, 3.8) is 0 Å². The molecule has 1 aromatic heterocycles. The molecule has 26 heavy (non-hydrogen) atoms. The molecule has 1 aromatic carbocycles. The molecule has 6 nitrogen and oxygen atoms in total. The van der Waals surface area contributed by atoms with Gasteiger partial charge in [0.1, 0.15) is 5.82 Å². The first-order chi connectivity index (χ1) is 12.8. The third-order valence-electron chi connectivity index (χ3n) is 4.81. The van der Waals surface area contributed by atoms with Gasteiger partial charge in [-0.05, 0) is 30.5 Å². The van der Waals surface area contributed by atoms with Gasteiger partial charge >= 0.3 is 0 Å². The summed E-state index contributed by atoms with van der Waals surface area (Å²) in [6.07, 6.45) is 7.32. The van der Waals surface area contributed by atoms with Gasteiger partial charge in [-0.3, -0.25) is 4.90 Å². The summed E-state index contributed by atoms with van der Waals surface area (Å²) in [5, 5.41) is 0. The SMILES string of the molecule is CCc1ncc(CN(Cc2ccc3c(c2)OCO3)C[C@@H]2CCCO2)cn1. The summed E-state index contributed by atoms with van der Waals surface area (Å²) < 4.78 is 16.8. The van der Waals surface area contributed by atoms with Crippen LogP contribution in [-0.2, 0) is 24.2 Å². The average Bonchev–Trinajstić information content (AvgIpc) is 3.33. The standard InChI is InChI=1S/C20H25N3O3/c1-2-20-21-9-16(10-22-20)12-23(13-17-4-3-7-24-17)11-15-5-6-18-19(8-15)26-14-25-18/h5-6,8-10,17H,2-4,7,11-14H2,1H3/t17-/m0/s1. The van der Waals surface area contributed by atoms with E-state index in [9.17, 15) is 0 Å². The Morgan fingerprint density at radius 3 is 2.65 bits per heavy atom. The summed E-state index contributed by atoms with van der Waals surface area (Å²) in [7, 11) is 0. The maximum atomic E-state index is 5.85. The molecule has 4 rings (SSSR count). The van der Waals surface area contributed by atoms with E-state index in [4.69, 9.17) is 14.2 Å². The van der Waals surface area contributed by atoms with Crippen molar-refractivity contribution < 1.29 is 14.2 Å². The molecule has 2 aliphatic heterocycles. The molecule has 0 bridgehead atoms. The Labute approximate surface area is 154 Å². The van der Waals surface area contributed by atoms with Gasteiger partial charge in [-0.1, -0.05) is 13.0 Å². The molecule has 6 heteroatoms. The lowest BCUT2D eigenvalue weighted by atomic mass is 10.1. The van der Waals surface area contributed by atoms with E-state index in [1.807, 2.05) is 18.5 Å². The first-order valence-electron chi connectivity index (χ1n) is 9.32. The van der Waals surface area contributed by atoms with Crippen LogP contribution in [0, 0.1) is 0 Å². The van der Waals surface area contributed by atoms with Crippen LogP contribution < -0.4 is 9.47 Å². The number of aromatic nitrogens is 2. The van der Waals surface area contributed by atoms with Crippen molar-refractivity contribution in [2.45, 2.75) is 45.4 Å². The number of hydrogen-bond acceptors (Lipinski definition) is 6. The summed E-state index contributed by atoms with van der Waals surface area (Å²) in [5.41, 5.74) is 2.33. The highest BCUT2D eigenvalue weighted by Gasteiger charge is 2.21. The van der Waals surface area contributed by atoms with E-state index in [2.05, 4.69) is 33.9 Å². The molecule has 0 amide bonds. The van der Waals surface area contributed by atoms with E-state index < -0.39 is 0 Å².